The topological polar surface area (TPSA) is 12.5 Å². The first kappa shape index (κ1) is 12.0. The van der Waals surface area contributed by atoms with Crippen molar-refractivity contribution in [2.45, 2.75) is 43.6 Å². The summed E-state index contributed by atoms with van der Waals surface area (Å²) in [5.41, 5.74) is 1.89. The molecule has 0 N–H and O–H groups in total. The molecule has 1 aliphatic heterocycles. The number of likely N-dealkylation sites (tertiary alicyclic amines) is 1. The second kappa shape index (κ2) is 4.58. The molecular formula is C16H23NO. The van der Waals surface area contributed by atoms with Gasteiger partial charge in [0.1, 0.15) is 5.75 Å². The Labute approximate surface area is 110 Å². The van der Waals surface area contributed by atoms with Gasteiger partial charge in [0.2, 0.25) is 0 Å². The summed E-state index contributed by atoms with van der Waals surface area (Å²) < 4.78 is 5.40. The van der Waals surface area contributed by atoms with Gasteiger partial charge in [0, 0.05) is 11.5 Å². The Kier molecular flexibility index (Phi) is 3.06. The van der Waals surface area contributed by atoms with E-state index >= 15 is 0 Å². The van der Waals surface area contributed by atoms with Crippen LogP contribution in [0.3, 0.4) is 0 Å². The van der Waals surface area contributed by atoms with Gasteiger partial charge < -0.3 is 9.64 Å². The average molecular weight is 245 g/mol. The molecule has 0 spiro atoms. The molecule has 2 aliphatic rings. The number of benzene rings is 1. The molecule has 1 aromatic rings. The molecule has 0 amide bonds. The van der Waals surface area contributed by atoms with E-state index in [1.165, 1.54) is 44.2 Å². The third-order valence-electron chi connectivity index (χ3n) is 5.08. The highest BCUT2D eigenvalue weighted by atomic mass is 16.5. The van der Waals surface area contributed by atoms with Crippen LogP contribution in [0.25, 0.3) is 0 Å². The molecule has 2 heteroatoms. The van der Waals surface area contributed by atoms with Crippen LogP contribution in [-0.4, -0.2) is 31.6 Å². The molecule has 1 heterocycles. The van der Waals surface area contributed by atoms with Gasteiger partial charge in [0.15, 0.2) is 0 Å². The summed E-state index contributed by atoms with van der Waals surface area (Å²) in [6.07, 6.45) is 6.77. The van der Waals surface area contributed by atoms with Gasteiger partial charge in [0.05, 0.1) is 7.11 Å². The van der Waals surface area contributed by atoms with Gasteiger partial charge in [-0.1, -0.05) is 25.0 Å². The molecule has 2 nitrogen and oxygen atoms in total. The number of hydrogen-bond donors (Lipinski definition) is 0. The molecule has 1 saturated carbocycles. The summed E-state index contributed by atoms with van der Waals surface area (Å²) in [6.45, 7) is 1.24. The molecule has 0 aromatic heterocycles. The first-order valence-corrected chi connectivity index (χ1v) is 7.11. The van der Waals surface area contributed by atoms with Crippen molar-refractivity contribution < 1.29 is 4.74 Å². The van der Waals surface area contributed by atoms with Crippen molar-refractivity contribution >= 4 is 0 Å². The van der Waals surface area contributed by atoms with Crippen LogP contribution in [0, 0.1) is 0 Å². The lowest BCUT2D eigenvalue weighted by atomic mass is 9.66. The van der Waals surface area contributed by atoms with Crippen molar-refractivity contribution in [3.05, 3.63) is 29.8 Å². The zero-order valence-electron chi connectivity index (χ0n) is 11.5. The van der Waals surface area contributed by atoms with E-state index in [2.05, 4.69) is 36.2 Å². The van der Waals surface area contributed by atoms with Gasteiger partial charge in [-0.05, 0) is 50.6 Å². The Balaban J connectivity index is 2.01. The van der Waals surface area contributed by atoms with Gasteiger partial charge in [-0.15, -0.1) is 0 Å². The minimum absolute atomic E-state index is 0.390. The third-order valence-corrected chi connectivity index (χ3v) is 5.08. The molecule has 1 saturated heterocycles. The number of nitrogens with zero attached hydrogens (tertiary/aromatic N) is 1. The highest BCUT2D eigenvalue weighted by Gasteiger charge is 2.48. The van der Waals surface area contributed by atoms with Crippen LogP contribution in [0.2, 0.25) is 0 Å². The number of likely N-dealkylation sites (N-methyl/N-ethyl adjacent to an activating group) is 1. The predicted octanol–water partition coefficient (Wildman–Crippen LogP) is 3.21. The van der Waals surface area contributed by atoms with E-state index in [4.69, 9.17) is 4.74 Å². The molecule has 2 atom stereocenters. The molecule has 18 heavy (non-hydrogen) atoms. The third kappa shape index (κ3) is 1.74. The maximum absolute atomic E-state index is 5.40. The second-order valence-corrected chi connectivity index (χ2v) is 5.88. The molecule has 2 fully saturated rings. The van der Waals surface area contributed by atoms with Crippen molar-refractivity contribution in [3.8, 4) is 5.75 Å². The summed E-state index contributed by atoms with van der Waals surface area (Å²) in [4.78, 5) is 2.57. The van der Waals surface area contributed by atoms with Crippen LogP contribution in [0.4, 0.5) is 0 Å². The van der Waals surface area contributed by atoms with E-state index < -0.39 is 0 Å². The first-order chi connectivity index (χ1) is 8.76. The Hall–Kier alpha value is -1.02. The lowest BCUT2D eigenvalue weighted by molar-refractivity contribution is 0.181. The van der Waals surface area contributed by atoms with E-state index in [9.17, 15) is 0 Å². The molecule has 1 aromatic carbocycles. The SMILES string of the molecule is COc1cccc([C@]23CCCC[C@H]2N(C)CC3)c1. The lowest BCUT2D eigenvalue weighted by Gasteiger charge is -2.41. The van der Waals surface area contributed by atoms with Crippen LogP contribution >= 0.6 is 0 Å². The lowest BCUT2D eigenvalue weighted by Crippen LogP contribution is -2.43. The zero-order chi connectivity index (χ0) is 12.6. The van der Waals surface area contributed by atoms with Crippen molar-refractivity contribution in [2.75, 3.05) is 20.7 Å². The van der Waals surface area contributed by atoms with Gasteiger partial charge in [-0.25, -0.2) is 0 Å². The maximum atomic E-state index is 5.40. The van der Waals surface area contributed by atoms with E-state index in [0.717, 1.165) is 11.8 Å². The molecular weight excluding hydrogens is 222 g/mol. The van der Waals surface area contributed by atoms with Crippen LogP contribution in [0.5, 0.6) is 5.75 Å². The molecule has 3 rings (SSSR count). The molecule has 0 bridgehead atoms. The quantitative estimate of drug-likeness (QED) is 0.793. The van der Waals surface area contributed by atoms with E-state index in [1.807, 2.05) is 0 Å². The predicted molar refractivity (Wildman–Crippen MR) is 74.2 cm³/mol. The standard InChI is InChI=1S/C16H23NO/c1-17-11-10-16(9-4-3-8-15(16)17)13-6-5-7-14(12-13)18-2/h5-7,12,15H,3-4,8-11H2,1-2H3/t15-,16-/m1/s1. The monoisotopic (exact) mass is 245 g/mol. The summed E-state index contributed by atoms with van der Waals surface area (Å²) >= 11 is 0. The minimum Gasteiger partial charge on any atom is -0.497 e. The van der Waals surface area contributed by atoms with Crippen molar-refractivity contribution in [2.24, 2.45) is 0 Å². The van der Waals surface area contributed by atoms with Crippen molar-refractivity contribution in [1.82, 2.24) is 4.90 Å². The number of methoxy groups -OCH3 is 1. The normalized spacial score (nSPS) is 32.2. The smallest absolute Gasteiger partial charge is 0.119 e. The summed E-state index contributed by atoms with van der Waals surface area (Å²) in [5, 5.41) is 0. The van der Waals surface area contributed by atoms with Gasteiger partial charge in [0.25, 0.3) is 0 Å². The summed E-state index contributed by atoms with van der Waals surface area (Å²) in [7, 11) is 4.05. The van der Waals surface area contributed by atoms with Gasteiger partial charge in [-0.2, -0.15) is 0 Å². The average Bonchev–Trinajstić information content (AvgIpc) is 2.78. The highest BCUT2D eigenvalue weighted by molar-refractivity contribution is 5.37. The van der Waals surface area contributed by atoms with Crippen LogP contribution in [-0.2, 0) is 5.41 Å². The summed E-state index contributed by atoms with van der Waals surface area (Å²) in [5.74, 6) is 1.00. The minimum atomic E-state index is 0.390. The number of hydrogen-bond acceptors (Lipinski definition) is 2. The highest BCUT2D eigenvalue weighted by Crippen LogP contribution is 2.48. The Morgan fingerprint density at radius 3 is 3.00 bits per heavy atom. The number of ether oxygens (including phenoxy) is 1. The Morgan fingerprint density at radius 2 is 2.17 bits per heavy atom. The summed E-state index contributed by atoms with van der Waals surface area (Å²) in [6, 6.07) is 9.50. The van der Waals surface area contributed by atoms with E-state index in [1.54, 1.807) is 7.11 Å². The fraction of sp³-hybridized carbons (Fsp3) is 0.625. The van der Waals surface area contributed by atoms with Crippen molar-refractivity contribution in [3.63, 3.8) is 0 Å². The first-order valence-electron chi connectivity index (χ1n) is 7.11. The molecule has 98 valence electrons. The van der Waals surface area contributed by atoms with Crippen LogP contribution in [0.1, 0.15) is 37.7 Å². The van der Waals surface area contributed by atoms with E-state index in [0.29, 0.717) is 5.41 Å². The molecule has 1 aliphatic carbocycles. The van der Waals surface area contributed by atoms with Gasteiger partial charge >= 0.3 is 0 Å². The molecule has 0 unspecified atom stereocenters. The number of rotatable bonds is 2. The fourth-order valence-electron chi connectivity index (χ4n) is 4.10. The van der Waals surface area contributed by atoms with Crippen LogP contribution < -0.4 is 4.74 Å². The van der Waals surface area contributed by atoms with Gasteiger partial charge in [-0.3, -0.25) is 0 Å². The largest absolute Gasteiger partial charge is 0.497 e. The fourth-order valence-corrected chi connectivity index (χ4v) is 4.10. The zero-order valence-corrected chi connectivity index (χ0v) is 11.5. The Morgan fingerprint density at radius 1 is 1.28 bits per heavy atom. The number of fused-ring (bicyclic) bond motifs is 1. The second-order valence-electron chi connectivity index (χ2n) is 5.88. The molecule has 0 radical (unpaired) electrons. The Bertz CT molecular complexity index is 427. The van der Waals surface area contributed by atoms with Crippen LogP contribution in [0.15, 0.2) is 24.3 Å². The maximum Gasteiger partial charge on any atom is 0.119 e. The van der Waals surface area contributed by atoms with E-state index in [-0.39, 0.29) is 0 Å². The van der Waals surface area contributed by atoms with Crippen molar-refractivity contribution in [1.29, 1.82) is 0 Å².